The molecule has 0 bridgehead atoms. The number of methoxy groups -OCH3 is 1. The number of carbonyl (C=O) groups excluding carboxylic acids is 3. The van der Waals surface area contributed by atoms with Crippen LogP contribution in [0.3, 0.4) is 0 Å². The van der Waals surface area contributed by atoms with Gasteiger partial charge in [-0.25, -0.2) is 9.69 Å². The van der Waals surface area contributed by atoms with E-state index in [1.165, 1.54) is 19.3 Å². The molecule has 0 spiro atoms. The van der Waals surface area contributed by atoms with Gasteiger partial charge in [-0.1, -0.05) is 24.8 Å². The van der Waals surface area contributed by atoms with Crippen LogP contribution in [0.4, 0.5) is 5.69 Å². The van der Waals surface area contributed by atoms with Gasteiger partial charge in [0.2, 0.25) is 0 Å². The van der Waals surface area contributed by atoms with Crippen LogP contribution in [-0.4, -0.2) is 24.9 Å². The van der Waals surface area contributed by atoms with Crippen molar-refractivity contribution in [1.29, 1.82) is 0 Å². The van der Waals surface area contributed by atoms with Crippen molar-refractivity contribution in [2.75, 3.05) is 12.0 Å². The van der Waals surface area contributed by atoms with Crippen LogP contribution in [0.15, 0.2) is 54.6 Å². The van der Waals surface area contributed by atoms with E-state index in [9.17, 15) is 14.4 Å². The van der Waals surface area contributed by atoms with Gasteiger partial charge in [-0.05, 0) is 19.1 Å². The summed E-state index contributed by atoms with van der Waals surface area (Å²) in [7, 11) is 1.33. The molecule has 1 aromatic rings. The van der Waals surface area contributed by atoms with Gasteiger partial charge < -0.3 is 4.74 Å². The maximum atomic E-state index is 11.2. The van der Waals surface area contributed by atoms with Gasteiger partial charge in [0.15, 0.2) is 0 Å². The van der Waals surface area contributed by atoms with Gasteiger partial charge >= 0.3 is 5.97 Å². The van der Waals surface area contributed by atoms with Crippen LogP contribution in [0.5, 0.6) is 0 Å². The highest BCUT2D eigenvalue weighted by Gasteiger charge is 2.24. The average Bonchev–Trinajstić information content (AvgIpc) is 2.78. The molecule has 0 aliphatic carbocycles. The third-order valence-corrected chi connectivity index (χ3v) is 2.36. The van der Waals surface area contributed by atoms with E-state index in [2.05, 4.69) is 11.3 Å². The lowest BCUT2D eigenvalue weighted by atomic mass is 10.3. The van der Waals surface area contributed by atoms with Gasteiger partial charge in [-0.2, -0.15) is 0 Å². The Bertz CT molecular complexity index is 542. The Labute approximate surface area is 117 Å². The maximum Gasteiger partial charge on any atom is 0.332 e. The molecule has 1 aliphatic rings. The minimum atomic E-state index is -0.347. The average molecular weight is 273 g/mol. The number of amides is 2. The first-order chi connectivity index (χ1) is 9.47. The van der Waals surface area contributed by atoms with Crippen LogP contribution < -0.4 is 4.90 Å². The molecule has 5 nitrogen and oxygen atoms in total. The molecule has 104 valence electrons. The lowest BCUT2D eigenvalue weighted by Crippen LogP contribution is -2.29. The summed E-state index contributed by atoms with van der Waals surface area (Å²) in [5.41, 5.74) is 1.05. The minimum absolute atomic E-state index is 0.281. The number of hydrogen-bond acceptors (Lipinski definition) is 4. The fraction of sp³-hybridized carbons (Fsp3) is 0.133. The SMILES string of the molecule is C=C(C)C(=O)OC.O=C1C=CC(=O)N1c1ccccc1. The van der Waals surface area contributed by atoms with Gasteiger partial charge in [-0.15, -0.1) is 0 Å². The van der Waals surface area contributed by atoms with Crippen molar-refractivity contribution in [3.05, 3.63) is 54.6 Å². The monoisotopic (exact) mass is 273 g/mol. The van der Waals surface area contributed by atoms with Crippen molar-refractivity contribution >= 4 is 23.5 Å². The third-order valence-electron chi connectivity index (χ3n) is 2.36. The van der Waals surface area contributed by atoms with E-state index in [1.54, 1.807) is 31.2 Å². The summed E-state index contributed by atoms with van der Waals surface area (Å²) in [6.45, 7) is 4.95. The Morgan fingerprint density at radius 3 is 1.95 bits per heavy atom. The number of rotatable bonds is 2. The zero-order valence-electron chi connectivity index (χ0n) is 11.3. The number of carbonyl (C=O) groups is 3. The fourth-order valence-electron chi connectivity index (χ4n) is 1.41. The minimum Gasteiger partial charge on any atom is -0.466 e. The summed E-state index contributed by atoms with van der Waals surface area (Å²) < 4.78 is 4.27. The molecule has 1 aliphatic heterocycles. The van der Waals surface area contributed by atoms with Gasteiger partial charge in [0, 0.05) is 17.7 Å². The van der Waals surface area contributed by atoms with Crippen molar-refractivity contribution in [3.63, 3.8) is 0 Å². The molecule has 2 amide bonds. The highest BCUT2D eigenvalue weighted by atomic mass is 16.5. The Kier molecular flexibility index (Phi) is 5.41. The van der Waals surface area contributed by atoms with Crippen molar-refractivity contribution in [2.24, 2.45) is 0 Å². The first kappa shape index (κ1) is 15.4. The molecule has 0 radical (unpaired) electrons. The first-order valence-corrected chi connectivity index (χ1v) is 5.82. The zero-order valence-corrected chi connectivity index (χ0v) is 11.3. The predicted molar refractivity (Wildman–Crippen MR) is 74.9 cm³/mol. The van der Waals surface area contributed by atoms with Crippen molar-refractivity contribution in [2.45, 2.75) is 6.92 Å². The van der Waals surface area contributed by atoms with Gasteiger partial charge in [0.05, 0.1) is 12.8 Å². The predicted octanol–water partition coefficient (Wildman–Crippen LogP) is 1.85. The molecular weight excluding hydrogens is 258 g/mol. The number of ether oxygens (including phenoxy) is 1. The Morgan fingerprint density at radius 1 is 1.10 bits per heavy atom. The topological polar surface area (TPSA) is 63.7 Å². The molecule has 2 rings (SSSR count). The van der Waals surface area contributed by atoms with Gasteiger partial charge in [-0.3, -0.25) is 9.59 Å². The number of anilines is 1. The van der Waals surface area contributed by atoms with Gasteiger partial charge in [0.25, 0.3) is 11.8 Å². The summed E-state index contributed by atoms with van der Waals surface area (Å²) in [6.07, 6.45) is 2.55. The fourth-order valence-corrected chi connectivity index (χ4v) is 1.41. The van der Waals surface area contributed by atoms with Crippen molar-refractivity contribution in [1.82, 2.24) is 0 Å². The molecule has 20 heavy (non-hydrogen) atoms. The van der Waals surface area contributed by atoms with E-state index in [1.807, 2.05) is 6.07 Å². The molecule has 1 heterocycles. The Morgan fingerprint density at radius 2 is 1.60 bits per heavy atom. The second kappa shape index (κ2) is 7.04. The first-order valence-electron chi connectivity index (χ1n) is 5.82. The van der Waals surface area contributed by atoms with E-state index in [0.29, 0.717) is 11.3 Å². The van der Waals surface area contributed by atoms with E-state index in [0.717, 1.165) is 4.90 Å². The highest BCUT2D eigenvalue weighted by Crippen LogP contribution is 2.17. The largest absolute Gasteiger partial charge is 0.466 e. The molecule has 0 atom stereocenters. The standard InChI is InChI=1S/C10H7NO2.C5H8O2/c12-9-6-7-10(13)11(9)8-4-2-1-3-5-8;1-4(2)5(6)7-3/h1-7H;1H2,2-3H3. The number of nitrogens with zero attached hydrogens (tertiary/aromatic N) is 1. The number of hydrogen-bond donors (Lipinski definition) is 0. The van der Waals surface area contributed by atoms with Crippen LogP contribution in [0.25, 0.3) is 0 Å². The van der Waals surface area contributed by atoms with E-state index in [4.69, 9.17) is 0 Å². The molecule has 0 saturated heterocycles. The van der Waals surface area contributed by atoms with Crippen molar-refractivity contribution in [3.8, 4) is 0 Å². The summed E-state index contributed by atoms with van der Waals surface area (Å²) >= 11 is 0. The maximum absolute atomic E-state index is 11.2. The number of benzene rings is 1. The lowest BCUT2D eigenvalue weighted by molar-refractivity contribution is -0.136. The molecule has 0 unspecified atom stereocenters. The number of esters is 1. The van der Waals surface area contributed by atoms with E-state index in [-0.39, 0.29) is 17.8 Å². The van der Waals surface area contributed by atoms with Crippen molar-refractivity contribution < 1.29 is 19.1 Å². The second-order valence-electron chi connectivity index (χ2n) is 3.95. The zero-order chi connectivity index (χ0) is 15.1. The normalized spacial score (nSPS) is 12.8. The summed E-state index contributed by atoms with van der Waals surface area (Å²) in [5, 5.41) is 0. The molecule has 0 N–H and O–H groups in total. The number of para-hydroxylation sites is 1. The highest BCUT2D eigenvalue weighted by molar-refractivity contribution is 6.28. The lowest BCUT2D eigenvalue weighted by Gasteiger charge is -2.12. The third kappa shape index (κ3) is 3.91. The summed E-state index contributed by atoms with van der Waals surface area (Å²) in [5.74, 6) is -0.910. The molecule has 0 fully saturated rings. The second-order valence-corrected chi connectivity index (χ2v) is 3.95. The molecule has 0 saturated carbocycles. The van der Waals surface area contributed by atoms with Crippen LogP contribution in [0, 0.1) is 0 Å². The summed E-state index contributed by atoms with van der Waals surface area (Å²) in [4.78, 5) is 33.7. The quantitative estimate of drug-likeness (QED) is 0.468. The number of imide groups is 1. The molecular formula is C15H15NO4. The molecule has 0 aromatic heterocycles. The van der Waals surface area contributed by atoms with E-state index < -0.39 is 0 Å². The van der Waals surface area contributed by atoms with Crippen LogP contribution in [0.1, 0.15) is 6.92 Å². The van der Waals surface area contributed by atoms with Gasteiger partial charge in [0.1, 0.15) is 0 Å². The van der Waals surface area contributed by atoms with Crippen LogP contribution in [0.2, 0.25) is 0 Å². The van der Waals surface area contributed by atoms with Crippen LogP contribution in [-0.2, 0) is 19.1 Å². The Hall–Kier alpha value is -2.69. The molecule has 1 aromatic carbocycles. The smallest absolute Gasteiger partial charge is 0.332 e. The molecule has 5 heteroatoms. The van der Waals surface area contributed by atoms with E-state index >= 15 is 0 Å². The Balaban J connectivity index is 0.000000246. The summed E-state index contributed by atoms with van der Waals surface area (Å²) in [6, 6.07) is 8.86. The van der Waals surface area contributed by atoms with Crippen LogP contribution >= 0.6 is 0 Å².